The third kappa shape index (κ3) is 2.91. The fourth-order valence-corrected chi connectivity index (χ4v) is 1.74. The monoisotopic (exact) mass is 249 g/mol. The molecule has 1 rings (SSSR count). The molecule has 0 spiro atoms. The highest BCUT2D eigenvalue weighted by Crippen LogP contribution is 2.27. The van der Waals surface area contributed by atoms with Gasteiger partial charge in [0.1, 0.15) is 6.10 Å². The zero-order valence-corrected chi connectivity index (χ0v) is 9.16. The fraction of sp³-hybridized carbons (Fsp3) is 0.778. The van der Waals surface area contributed by atoms with Crippen molar-refractivity contribution in [2.75, 3.05) is 6.61 Å². The van der Waals surface area contributed by atoms with Gasteiger partial charge in [-0.3, -0.25) is 4.79 Å². The first kappa shape index (κ1) is 13.8. The molecular weight excluding hydrogens is 234 g/mol. The van der Waals surface area contributed by atoms with Gasteiger partial charge in [0.05, 0.1) is 18.8 Å². The second-order valence-electron chi connectivity index (χ2n) is 3.93. The maximum Gasteiger partial charge on any atom is 0.364 e. The molecule has 0 aromatic carbocycles. The predicted molar refractivity (Wildman–Crippen MR) is 52.8 cm³/mol. The maximum atomic E-state index is 10.9. The summed E-state index contributed by atoms with van der Waals surface area (Å²) in [5.41, 5.74) is 0. The Morgan fingerprint density at radius 3 is 2.53 bits per heavy atom. The summed E-state index contributed by atoms with van der Waals surface area (Å²) in [6.07, 6.45) is -3.11. The van der Waals surface area contributed by atoms with Crippen LogP contribution in [0.1, 0.15) is 13.3 Å². The molecule has 1 unspecified atom stereocenters. The zero-order valence-electron chi connectivity index (χ0n) is 9.16. The van der Waals surface area contributed by atoms with Crippen LogP contribution in [0.3, 0.4) is 0 Å². The first-order chi connectivity index (χ1) is 7.80. The smallest absolute Gasteiger partial charge is 0.364 e. The molecule has 1 aliphatic heterocycles. The van der Waals surface area contributed by atoms with Crippen LogP contribution >= 0.6 is 0 Å². The molecule has 1 fully saturated rings. The molecule has 0 bridgehead atoms. The number of aliphatic hydroxyl groups excluding tert-OH is 2. The minimum absolute atomic E-state index is 0.461. The standard InChI is InChI=1S/C9H15NO7/c1-4(12)10-7-5(13)2-9(16,8(14)15)17-6(7)3-11/h5-7,11,13,16H,2-3H2,1H3,(H,10,12)(H,14,15)/t5-,6?,7-,9+/m1/s1. The van der Waals surface area contributed by atoms with Crippen LogP contribution in [0.25, 0.3) is 0 Å². The summed E-state index contributed by atoms with van der Waals surface area (Å²) >= 11 is 0. The Morgan fingerprint density at radius 2 is 2.12 bits per heavy atom. The van der Waals surface area contributed by atoms with Gasteiger partial charge in [-0.25, -0.2) is 4.79 Å². The van der Waals surface area contributed by atoms with Crippen molar-refractivity contribution in [2.45, 2.75) is 37.4 Å². The number of carboxylic acid groups (broad SMARTS) is 1. The highest BCUT2D eigenvalue weighted by molar-refractivity contribution is 5.76. The van der Waals surface area contributed by atoms with Crippen LogP contribution in [-0.4, -0.2) is 62.9 Å². The first-order valence-corrected chi connectivity index (χ1v) is 5.00. The summed E-state index contributed by atoms with van der Waals surface area (Å²) in [5.74, 6) is -4.67. The van der Waals surface area contributed by atoms with Gasteiger partial charge in [0.25, 0.3) is 5.79 Å². The average molecular weight is 249 g/mol. The molecule has 1 heterocycles. The van der Waals surface area contributed by atoms with Gasteiger partial charge in [-0.15, -0.1) is 0 Å². The predicted octanol–water partition coefficient (Wildman–Crippen LogP) is -2.59. The van der Waals surface area contributed by atoms with E-state index in [1.165, 1.54) is 6.92 Å². The number of carbonyl (C=O) groups excluding carboxylic acids is 1. The van der Waals surface area contributed by atoms with Crippen molar-refractivity contribution in [1.82, 2.24) is 5.32 Å². The van der Waals surface area contributed by atoms with Crippen molar-refractivity contribution >= 4 is 11.9 Å². The minimum Gasteiger partial charge on any atom is -0.477 e. The molecular formula is C9H15NO7. The van der Waals surface area contributed by atoms with Crippen molar-refractivity contribution in [2.24, 2.45) is 0 Å². The fourth-order valence-electron chi connectivity index (χ4n) is 1.74. The van der Waals surface area contributed by atoms with Crippen LogP contribution in [0.5, 0.6) is 0 Å². The Hall–Kier alpha value is -1.22. The first-order valence-electron chi connectivity index (χ1n) is 5.00. The number of carboxylic acids is 1. The summed E-state index contributed by atoms with van der Waals surface area (Å²) in [7, 11) is 0. The van der Waals surface area contributed by atoms with Crippen molar-refractivity contribution in [3.63, 3.8) is 0 Å². The number of hydrogen-bond donors (Lipinski definition) is 5. The molecule has 0 saturated carbocycles. The number of ether oxygens (including phenoxy) is 1. The Kier molecular flexibility index (Phi) is 4.04. The van der Waals surface area contributed by atoms with E-state index in [1.807, 2.05) is 0 Å². The van der Waals surface area contributed by atoms with Gasteiger partial charge in [-0.1, -0.05) is 0 Å². The van der Waals surface area contributed by atoms with Crippen LogP contribution in [0.2, 0.25) is 0 Å². The number of rotatable bonds is 3. The Morgan fingerprint density at radius 1 is 1.53 bits per heavy atom. The van der Waals surface area contributed by atoms with Crippen LogP contribution in [-0.2, 0) is 14.3 Å². The second-order valence-corrected chi connectivity index (χ2v) is 3.93. The molecule has 1 aliphatic rings. The highest BCUT2D eigenvalue weighted by atomic mass is 16.7. The third-order valence-electron chi connectivity index (χ3n) is 2.53. The van der Waals surface area contributed by atoms with E-state index in [2.05, 4.69) is 5.32 Å². The van der Waals surface area contributed by atoms with Gasteiger partial charge < -0.3 is 30.5 Å². The topological polar surface area (TPSA) is 136 Å². The van der Waals surface area contributed by atoms with Gasteiger partial charge in [-0.2, -0.15) is 0 Å². The minimum atomic E-state index is -2.55. The number of carbonyl (C=O) groups is 2. The van der Waals surface area contributed by atoms with Crippen LogP contribution in [0, 0.1) is 0 Å². The van der Waals surface area contributed by atoms with E-state index in [4.69, 9.17) is 14.9 Å². The van der Waals surface area contributed by atoms with E-state index in [-0.39, 0.29) is 0 Å². The Bertz CT molecular complexity index is 320. The maximum absolute atomic E-state index is 10.9. The number of aliphatic hydroxyl groups is 3. The molecule has 1 saturated heterocycles. The highest BCUT2D eigenvalue weighted by Gasteiger charge is 2.50. The molecule has 98 valence electrons. The van der Waals surface area contributed by atoms with E-state index in [9.17, 15) is 19.8 Å². The lowest BCUT2D eigenvalue weighted by Crippen LogP contribution is -2.63. The van der Waals surface area contributed by atoms with E-state index in [0.717, 1.165) is 0 Å². The zero-order chi connectivity index (χ0) is 13.2. The second kappa shape index (κ2) is 4.96. The molecule has 1 amide bonds. The molecule has 0 aromatic heterocycles. The molecule has 5 N–H and O–H groups in total. The van der Waals surface area contributed by atoms with Gasteiger partial charge in [0.2, 0.25) is 5.91 Å². The van der Waals surface area contributed by atoms with Crippen molar-refractivity contribution in [3.05, 3.63) is 0 Å². The Labute approximate surface area is 96.8 Å². The van der Waals surface area contributed by atoms with Crippen LogP contribution < -0.4 is 5.32 Å². The molecule has 4 atom stereocenters. The van der Waals surface area contributed by atoms with Gasteiger partial charge in [0.15, 0.2) is 0 Å². The van der Waals surface area contributed by atoms with Crippen molar-refractivity contribution < 1.29 is 34.8 Å². The van der Waals surface area contributed by atoms with E-state index >= 15 is 0 Å². The summed E-state index contributed by atoms with van der Waals surface area (Å²) in [5, 5.41) is 39.3. The number of hydrogen-bond acceptors (Lipinski definition) is 6. The summed E-state index contributed by atoms with van der Waals surface area (Å²) in [4.78, 5) is 21.6. The van der Waals surface area contributed by atoms with Crippen LogP contribution in [0.4, 0.5) is 0 Å². The van der Waals surface area contributed by atoms with Crippen molar-refractivity contribution in [3.8, 4) is 0 Å². The lowest BCUT2D eigenvalue weighted by Gasteiger charge is -2.41. The number of amides is 1. The molecule has 8 nitrogen and oxygen atoms in total. The van der Waals surface area contributed by atoms with Gasteiger partial charge in [-0.05, 0) is 0 Å². The summed E-state index contributed by atoms with van der Waals surface area (Å²) in [6, 6.07) is -0.961. The number of aliphatic carboxylic acids is 1. The number of nitrogens with one attached hydrogen (secondary N) is 1. The van der Waals surface area contributed by atoms with E-state index < -0.39 is 48.9 Å². The summed E-state index contributed by atoms with van der Waals surface area (Å²) < 4.78 is 4.80. The van der Waals surface area contributed by atoms with Crippen molar-refractivity contribution in [1.29, 1.82) is 0 Å². The van der Waals surface area contributed by atoms with E-state index in [1.54, 1.807) is 0 Å². The molecule has 0 radical (unpaired) electrons. The SMILES string of the molecule is CC(=O)N[C@H]1C(CO)O[C@](O)(C(=O)O)C[C@H]1O. The normalized spacial score (nSPS) is 37.5. The van der Waals surface area contributed by atoms with Crippen LogP contribution in [0.15, 0.2) is 0 Å². The molecule has 0 aromatic rings. The van der Waals surface area contributed by atoms with Gasteiger partial charge in [0, 0.05) is 13.3 Å². The molecule has 0 aliphatic carbocycles. The quantitative estimate of drug-likeness (QED) is 0.370. The lowest BCUT2D eigenvalue weighted by atomic mass is 9.93. The molecule has 8 heteroatoms. The summed E-state index contributed by atoms with van der Waals surface area (Å²) in [6.45, 7) is 0.566. The Balaban J connectivity index is 2.86. The van der Waals surface area contributed by atoms with E-state index in [0.29, 0.717) is 0 Å². The third-order valence-corrected chi connectivity index (χ3v) is 2.53. The molecule has 17 heavy (non-hydrogen) atoms. The lowest BCUT2D eigenvalue weighted by molar-refractivity contribution is -0.280. The largest absolute Gasteiger partial charge is 0.477 e. The average Bonchev–Trinajstić information content (AvgIpc) is 2.21. The van der Waals surface area contributed by atoms with Gasteiger partial charge >= 0.3 is 5.97 Å².